The van der Waals surface area contributed by atoms with Crippen LogP contribution in [0.25, 0.3) is 11.1 Å². The average molecular weight is 492 g/mol. The van der Waals surface area contributed by atoms with Crippen LogP contribution in [-0.4, -0.2) is 37.4 Å². The fourth-order valence-electron chi connectivity index (χ4n) is 4.42. The maximum atomic E-state index is 14.2. The summed E-state index contributed by atoms with van der Waals surface area (Å²) in [5.74, 6) is -1.21. The molecule has 3 aromatic carbocycles. The van der Waals surface area contributed by atoms with Gasteiger partial charge in [-0.05, 0) is 60.7 Å². The molecule has 0 aromatic heterocycles. The number of alkyl carbamates (subject to hydrolysis) is 1. The fraction of sp³-hybridized carbons (Fsp3) is 0.310. The van der Waals surface area contributed by atoms with Crippen molar-refractivity contribution in [2.75, 3.05) is 13.7 Å². The maximum absolute atomic E-state index is 14.2. The van der Waals surface area contributed by atoms with Crippen LogP contribution in [-0.2, 0) is 20.7 Å². The lowest BCUT2D eigenvalue weighted by Crippen LogP contribution is -2.46. The number of ether oxygens (including phenoxy) is 3. The zero-order chi connectivity index (χ0) is 25.9. The van der Waals surface area contributed by atoms with Gasteiger partial charge in [0.15, 0.2) is 11.6 Å². The van der Waals surface area contributed by atoms with Crippen LogP contribution in [0.4, 0.5) is 9.18 Å². The zero-order valence-corrected chi connectivity index (χ0v) is 20.8. The van der Waals surface area contributed by atoms with Gasteiger partial charge in [0.25, 0.3) is 0 Å². The van der Waals surface area contributed by atoms with E-state index < -0.39 is 29.5 Å². The summed E-state index contributed by atoms with van der Waals surface area (Å²) in [5, 5.41) is 2.62. The van der Waals surface area contributed by atoms with E-state index in [0.29, 0.717) is 5.56 Å². The van der Waals surface area contributed by atoms with Crippen molar-refractivity contribution in [3.8, 4) is 16.9 Å². The number of halogens is 1. The molecule has 6 nitrogen and oxygen atoms in total. The van der Waals surface area contributed by atoms with E-state index in [2.05, 4.69) is 17.4 Å². The molecule has 0 bridgehead atoms. The number of hydrogen-bond acceptors (Lipinski definition) is 5. The number of rotatable bonds is 7. The van der Waals surface area contributed by atoms with Crippen molar-refractivity contribution in [1.82, 2.24) is 5.32 Å². The first-order chi connectivity index (χ1) is 17.2. The van der Waals surface area contributed by atoms with Gasteiger partial charge in [-0.3, -0.25) is 0 Å². The molecule has 3 aromatic rings. The Bertz CT molecular complexity index is 1220. The van der Waals surface area contributed by atoms with E-state index in [9.17, 15) is 14.0 Å². The van der Waals surface area contributed by atoms with E-state index in [1.165, 1.54) is 19.2 Å². The van der Waals surface area contributed by atoms with Crippen LogP contribution in [0.3, 0.4) is 0 Å². The number of methoxy groups -OCH3 is 1. The van der Waals surface area contributed by atoms with Gasteiger partial charge in [0, 0.05) is 12.3 Å². The summed E-state index contributed by atoms with van der Waals surface area (Å²) in [7, 11) is 1.38. The smallest absolute Gasteiger partial charge is 0.407 e. The van der Waals surface area contributed by atoms with Gasteiger partial charge in [-0.2, -0.15) is 0 Å². The van der Waals surface area contributed by atoms with E-state index in [1.807, 2.05) is 36.4 Å². The number of hydrogen-bond donors (Lipinski definition) is 1. The summed E-state index contributed by atoms with van der Waals surface area (Å²) in [5.41, 5.74) is 4.16. The molecule has 0 saturated carbocycles. The molecule has 1 amide bonds. The molecule has 0 spiro atoms. The molecule has 0 fully saturated rings. The van der Waals surface area contributed by atoms with Gasteiger partial charge in [-0.1, -0.05) is 54.6 Å². The Kier molecular flexibility index (Phi) is 7.29. The molecule has 1 N–H and O–H groups in total. The lowest BCUT2D eigenvalue weighted by atomic mass is 9.98. The number of amides is 1. The summed E-state index contributed by atoms with van der Waals surface area (Å²) >= 11 is 0. The Morgan fingerprint density at radius 3 is 2.14 bits per heavy atom. The molecule has 1 atom stereocenters. The predicted molar refractivity (Wildman–Crippen MR) is 134 cm³/mol. The quantitative estimate of drug-likeness (QED) is 0.434. The second-order valence-electron chi connectivity index (χ2n) is 9.73. The first kappa shape index (κ1) is 25.2. The highest BCUT2D eigenvalue weighted by atomic mass is 19.1. The minimum absolute atomic E-state index is 0.0278. The summed E-state index contributed by atoms with van der Waals surface area (Å²) in [4.78, 5) is 25.7. The SMILES string of the molecule is COc1ccc(CC(NC(=O)OCC2c3ccccc3-c3ccccc32)C(=O)OC(C)(C)C)cc1F. The van der Waals surface area contributed by atoms with Gasteiger partial charge < -0.3 is 19.5 Å². The van der Waals surface area contributed by atoms with Gasteiger partial charge in [-0.25, -0.2) is 14.0 Å². The van der Waals surface area contributed by atoms with Crippen molar-refractivity contribution in [1.29, 1.82) is 0 Å². The van der Waals surface area contributed by atoms with Crippen LogP contribution in [0.15, 0.2) is 66.7 Å². The summed E-state index contributed by atoms with van der Waals surface area (Å²) in [6, 6.07) is 19.4. The molecule has 1 aliphatic carbocycles. The third-order valence-corrected chi connectivity index (χ3v) is 5.98. The highest BCUT2D eigenvalue weighted by Crippen LogP contribution is 2.44. The molecule has 7 heteroatoms. The standard InChI is InChI=1S/C29H30FNO5/c1-29(2,3)36-27(32)25(16-18-13-14-26(34-4)24(30)15-18)31-28(33)35-17-23-21-11-7-5-9-19(21)20-10-6-8-12-22(20)23/h5-15,23,25H,16-17H2,1-4H3,(H,31,33). The van der Waals surface area contributed by atoms with Crippen LogP contribution < -0.4 is 10.1 Å². The van der Waals surface area contributed by atoms with E-state index in [1.54, 1.807) is 26.8 Å². The third kappa shape index (κ3) is 5.67. The molecule has 1 unspecified atom stereocenters. The lowest BCUT2D eigenvalue weighted by molar-refractivity contribution is -0.157. The molecular weight excluding hydrogens is 461 g/mol. The second-order valence-corrected chi connectivity index (χ2v) is 9.73. The average Bonchev–Trinajstić information content (AvgIpc) is 3.15. The van der Waals surface area contributed by atoms with Gasteiger partial charge >= 0.3 is 12.1 Å². The minimum atomic E-state index is -1.06. The van der Waals surface area contributed by atoms with Crippen molar-refractivity contribution in [3.63, 3.8) is 0 Å². The highest BCUT2D eigenvalue weighted by molar-refractivity contribution is 5.82. The molecule has 0 saturated heterocycles. The molecule has 1 aliphatic rings. The Hall–Kier alpha value is -3.87. The predicted octanol–water partition coefficient (Wildman–Crippen LogP) is 5.63. The molecule has 36 heavy (non-hydrogen) atoms. The van der Waals surface area contributed by atoms with Crippen LogP contribution in [0.1, 0.15) is 43.4 Å². The monoisotopic (exact) mass is 491 g/mol. The number of carbonyl (C=O) groups is 2. The number of esters is 1. The maximum Gasteiger partial charge on any atom is 0.407 e. The molecule has 0 radical (unpaired) electrons. The fourth-order valence-corrected chi connectivity index (χ4v) is 4.42. The lowest BCUT2D eigenvalue weighted by Gasteiger charge is -2.25. The Morgan fingerprint density at radius 1 is 0.972 bits per heavy atom. The number of nitrogens with one attached hydrogen (secondary N) is 1. The first-order valence-corrected chi connectivity index (χ1v) is 11.8. The van der Waals surface area contributed by atoms with Crippen molar-refractivity contribution in [3.05, 3.63) is 89.2 Å². The van der Waals surface area contributed by atoms with Gasteiger partial charge in [-0.15, -0.1) is 0 Å². The van der Waals surface area contributed by atoms with Crippen molar-refractivity contribution >= 4 is 12.1 Å². The van der Waals surface area contributed by atoms with E-state index in [-0.39, 0.29) is 24.7 Å². The van der Waals surface area contributed by atoms with Crippen LogP contribution in [0.2, 0.25) is 0 Å². The molecule has 0 heterocycles. The summed E-state index contributed by atoms with van der Waals surface area (Å²) in [6.07, 6.45) is -0.721. The number of carbonyl (C=O) groups excluding carboxylic acids is 2. The number of benzene rings is 3. The summed E-state index contributed by atoms with van der Waals surface area (Å²) < 4.78 is 30.3. The number of fused-ring (bicyclic) bond motifs is 3. The van der Waals surface area contributed by atoms with Crippen molar-refractivity contribution in [2.24, 2.45) is 0 Å². The van der Waals surface area contributed by atoms with Crippen LogP contribution in [0.5, 0.6) is 5.75 Å². The summed E-state index contributed by atoms with van der Waals surface area (Å²) in [6.45, 7) is 5.32. The Morgan fingerprint density at radius 2 is 1.58 bits per heavy atom. The Balaban J connectivity index is 1.48. The van der Waals surface area contributed by atoms with Crippen molar-refractivity contribution < 1.29 is 28.2 Å². The van der Waals surface area contributed by atoms with Crippen molar-refractivity contribution in [2.45, 2.75) is 44.8 Å². The van der Waals surface area contributed by atoms with E-state index in [0.717, 1.165) is 22.3 Å². The normalized spacial score (nSPS) is 13.4. The van der Waals surface area contributed by atoms with Crippen LogP contribution in [0, 0.1) is 5.82 Å². The van der Waals surface area contributed by atoms with Gasteiger partial charge in [0.05, 0.1) is 7.11 Å². The Labute approximate surface area is 210 Å². The zero-order valence-electron chi connectivity index (χ0n) is 20.8. The minimum Gasteiger partial charge on any atom is -0.494 e. The van der Waals surface area contributed by atoms with Gasteiger partial charge in [0.1, 0.15) is 18.2 Å². The topological polar surface area (TPSA) is 73.9 Å². The largest absolute Gasteiger partial charge is 0.494 e. The molecular formula is C29H30FNO5. The van der Waals surface area contributed by atoms with Crippen LogP contribution >= 0.6 is 0 Å². The molecule has 188 valence electrons. The molecule has 4 rings (SSSR count). The highest BCUT2D eigenvalue weighted by Gasteiger charge is 2.31. The second kappa shape index (κ2) is 10.4. The molecule has 0 aliphatic heterocycles. The van der Waals surface area contributed by atoms with E-state index in [4.69, 9.17) is 14.2 Å². The van der Waals surface area contributed by atoms with E-state index >= 15 is 0 Å². The van der Waals surface area contributed by atoms with Gasteiger partial charge in [0.2, 0.25) is 0 Å². The third-order valence-electron chi connectivity index (χ3n) is 5.98. The first-order valence-electron chi connectivity index (χ1n) is 11.8.